The van der Waals surface area contributed by atoms with Crippen LogP contribution in [-0.2, 0) is 9.59 Å². The molecule has 0 radical (unpaired) electrons. The largest absolute Gasteiger partial charge is 0.325 e. The lowest BCUT2D eigenvalue weighted by atomic mass is 9.67. The molecule has 3 N–H and O–H groups in total. The van der Waals surface area contributed by atoms with Gasteiger partial charge in [0.05, 0.1) is 22.0 Å². The van der Waals surface area contributed by atoms with E-state index >= 15 is 0 Å². The van der Waals surface area contributed by atoms with Crippen molar-refractivity contribution in [1.29, 1.82) is 0 Å². The summed E-state index contributed by atoms with van der Waals surface area (Å²) in [6.45, 7) is 13.0. The highest BCUT2D eigenvalue weighted by atomic mass is 32.2. The predicted octanol–water partition coefficient (Wildman–Crippen LogP) is 12.3. The van der Waals surface area contributed by atoms with Crippen molar-refractivity contribution in [2.75, 3.05) is 15.4 Å². The summed E-state index contributed by atoms with van der Waals surface area (Å²) < 4.78 is 3.52. The SMILES string of the molecule is CC.CCC(CC)CC1(C(=O)Nc2ccccc2NSc2ccccc2NC(=O)C2(CC(CC)CC)CCCCC2)CCCCC1. The van der Waals surface area contributed by atoms with Crippen LogP contribution in [-0.4, -0.2) is 11.8 Å². The number of nitrogens with one attached hydrogen (secondary N) is 3. The highest BCUT2D eigenvalue weighted by Crippen LogP contribution is 2.46. The lowest BCUT2D eigenvalue weighted by Gasteiger charge is -2.38. The Morgan fingerprint density at radius 2 is 1.00 bits per heavy atom. The van der Waals surface area contributed by atoms with E-state index in [0.29, 0.717) is 11.8 Å². The quantitative estimate of drug-likeness (QED) is 0.168. The Morgan fingerprint density at radius 1 is 0.609 bits per heavy atom. The molecule has 0 unspecified atom stereocenters. The van der Waals surface area contributed by atoms with Gasteiger partial charge in [0.1, 0.15) is 0 Å². The summed E-state index contributed by atoms with van der Waals surface area (Å²) in [5, 5.41) is 6.72. The molecular formula is C40H63N3O2S. The number of rotatable bonds is 15. The van der Waals surface area contributed by atoms with Gasteiger partial charge < -0.3 is 15.4 Å². The van der Waals surface area contributed by atoms with Crippen molar-refractivity contribution in [2.24, 2.45) is 22.7 Å². The number of anilines is 3. The van der Waals surface area contributed by atoms with Crippen LogP contribution >= 0.6 is 11.9 Å². The minimum Gasteiger partial charge on any atom is -0.325 e. The number of benzene rings is 2. The number of hydrogen-bond donors (Lipinski definition) is 3. The fourth-order valence-electron chi connectivity index (χ4n) is 7.72. The van der Waals surface area contributed by atoms with E-state index in [0.717, 1.165) is 112 Å². The molecule has 2 saturated carbocycles. The minimum absolute atomic E-state index is 0.172. The van der Waals surface area contributed by atoms with Crippen LogP contribution in [0.1, 0.15) is 144 Å². The van der Waals surface area contributed by atoms with E-state index in [1.54, 1.807) is 0 Å². The van der Waals surface area contributed by atoms with Gasteiger partial charge in [0.25, 0.3) is 0 Å². The van der Waals surface area contributed by atoms with Gasteiger partial charge in [0.15, 0.2) is 0 Å². The van der Waals surface area contributed by atoms with Crippen molar-refractivity contribution >= 4 is 40.8 Å². The molecule has 2 aliphatic rings. The first-order chi connectivity index (χ1) is 22.4. The topological polar surface area (TPSA) is 70.2 Å². The number of para-hydroxylation sites is 3. The van der Waals surface area contributed by atoms with E-state index in [2.05, 4.69) is 49.1 Å². The van der Waals surface area contributed by atoms with Crippen molar-refractivity contribution in [3.8, 4) is 0 Å². The normalized spacial score (nSPS) is 17.1. The average Bonchev–Trinajstić information content (AvgIpc) is 3.11. The van der Waals surface area contributed by atoms with Crippen LogP contribution in [0.5, 0.6) is 0 Å². The lowest BCUT2D eigenvalue weighted by Crippen LogP contribution is -2.39. The molecule has 256 valence electrons. The maximum absolute atomic E-state index is 14.0. The van der Waals surface area contributed by atoms with Gasteiger partial charge in [-0.05, 0) is 86.6 Å². The van der Waals surface area contributed by atoms with Crippen LogP contribution < -0.4 is 15.4 Å². The zero-order chi connectivity index (χ0) is 33.4. The van der Waals surface area contributed by atoms with Crippen LogP contribution in [0.4, 0.5) is 17.1 Å². The maximum Gasteiger partial charge on any atom is 0.230 e. The van der Waals surface area contributed by atoms with Crippen LogP contribution in [0.3, 0.4) is 0 Å². The Kier molecular flexibility index (Phi) is 16.0. The van der Waals surface area contributed by atoms with Crippen LogP contribution in [0, 0.1) is 22.7 Å². The van der Waals surface area contributed by atoms with Crippen LogP contribution in [0.25, 0.3) is 0 Å². The second-order valence-electron chi connectivity index (χ2n) is 13.6. The zero-order valence-electron chi connectivity index (χ0n) is 29.8. The summed E-state index contributed by atoms with van der Waals surface area (Å²) in [5.74, 6) is 1.52. The van der Waals surface area contributed by atoms with Gasteiger partial charge in [-0.1, -0.05) is 130 Å². The molecule has 5 nitrogen and oxygen atoms in total. The second-order valence-corrected chi connectivity index (χ2v) is 14.5. The van der Waals surface area contributed by atoms with Gasteiger partial charge in [-0.3, -0.25) is 9.59 Å². The van der Waals surface area contributed by atoms with E-state index in [9.17, 15) is 9.59 Å². The standard InChI is InChI=1S/C38H57N3O2S.C2H6/c1-5-29(6-2)27-37(23-15-9-16-24-37)35(42)39-31-19-11-12-20-32(31)41-44-34-22-14-13-21-33(34)40-36(43)38(25-17-10-18-26-38)28-30(7-3)8-4;1-2/h11-14,19-22,29-30,41H,5-10,15-18,23-28H2,1-4H3,(H,39,42)(H,40,43);1-2H3. The van der Waals surface area contributed by atoms with E-state index < -0.39 is 0 Å². The van der Waals surface area contributed by atoms with Crippen molar-refractivity contribution in [3.63, 3.8) is 0 Å². The molecule has 0 spiro atoms. The summed E-state index contributed by atoms with van der Waals surface area (Å²) in [7, 11) is 0. The monoisotopic (exact) mass is 649 g/mol. The van der Waals surface area contributed by atoms with Gasteiger partial charge >= 0.3 is 0 Å². The fourth-order valence-corrected chi connectivity index (χ4v) is 8.50. The Labute approximate surface area is 285 Å². The predicted molar refractivity (Wildman–Crippen MR) is 199 cm³/mol. The number of amides is 2. The summed E-state index contributed by atoms with van der Waals surface area (Å²) in [4.78, 5) is 28.9. The molecule has 0 heterocycles. The third-order valence-electron chi connectivity index (χ3n) is 10.8. The molecule has 0 aromatic heterocycles. The Bertz CT molecular complexity index is 1100. The molecule has 2 aromatic rings. The number of carbonyl (C=O) groups excluding carboxylic acids is 2. The molecule has 2 fully saturated rings. The van der Waals surface area contributed by atoms with Gasteiger partial charge in [-0.15, -0.1) is 0 Å². The van der Waals surface area contributed by atoms with Crippen molar-refractivity contribution in [3.05, 3.63) is 48.5 Å². The first kappa shape index (κ1) is 38.0. The van der Waals surface area contributed by atoms with E-state index in [1.165, 1.54) is 24.8 Å². The molecular weight excluding hydrogens is 587 g/mol. The van der Waals surface area contributed by atoms with Gasteiger partial charge in [-0.2, -0.15) is 0 Å². The Balaban J connectivity index is 0.00000282. The van der Waals surface area contributed by atoms with E-state index in [4.69, 9.17) is 0 Å². The van der Waals surface area contributed by atoms with Crippen molar-refractivity contribution < 1.29 is 9.59 Å². The van der Waals surface area contributed by atoms with Crippen molar-refractivity contribution in [1.82, 2.24) is 0 Å². The highest BCUT2D eigenvalue weighted by Gasteiger charge is 2.42. The van der Waals surface area contributed by atoms with E-state index in [1.807, 2.05) is 56.3 Å². The maximum atomic E-state index is 14.0. The van der Waals surface area contributed by atoms with Crippen LogP contribution in [0.15, 0.2) is 53.4 Å². The summed E-state index contributed by atoms with van der Waals surface area (Å²) >= 11 is 1.49. The molecule has 0 aliphatic heterocycles. The Hall–Kier alpha value is -2.47. The fraction of sp³-hybridized carbons (Fsp3) is 0.650. The second kappa shape index (κ2) is 19.4. The number of carbonyl (C=O) groups is 2. The third kappa shape index (κ3) is 10.0. The summed E-state index contributed by atoms with van der Waals surface area (Å²) in [5.41, 5.74) is 1.97. The zero-order valence-corrected chi connectivity index (χ0v) is 30.6. The summed E-state index contributed by atoms with van der Waals surface area (Å²) in [6.07, 6.45) is 17.3. The molecule has 46 heavy (non-hydrogen) atoms. The molecule has 0 saturated heterocycles. The highest BCUT2D eigenvalue weighted by molar-refractivity contribution is 8.00. The molecule has 0 atom stereocenters. The average molecular weight is 650 g/mol. The molecule has 4 rings (SSSR count). The lowest BCUT2D eigenvalue weighted by molar-refractivity contribution is -0.129. The number of hydrogen-bond acceptors (Lipinski definition) is 4. The van der Waals surface area contributed by atoms with E-state index in [-0.39, 0.29) is 22.6 Å². The molecule has 2 amide bonds. The minimum atomic E-state index is -0.282. The first-order valence-corrected chi connectivity index (χ1v) is 19.4. The van der Waals surface area contributed by atoms with Gasteiger partial charge in [0, 0.05) is 10.8 Å². The third-order valence-corrected chi connectivity index (χ3v) is 11.7. The van der Waals surface area contributed by atoms with Crippen molar-refractivity contribution in [2.45, 2.75) is 149 Å². The Morgan fingerprint density at radius 3 is 1.46 bits per heavy atom. The molecule has 6 heteroatoms. The molecule has 0 bridgehead atoms. The van der Waals surface area contributed by atoms with Crippen LogP contribution in [0.2, 0.25) is 0 Å². The molecule has 2 aliphatic carbocycles. The summed E-state index contributed by atoms with van der Waals surface area (Å²) in [6, 6.07) is 16.1. The van der Waals surface area contributed by atoms with Gasteiger partial charge in [0.2, 0.25) is 11.8 Å². The smallest absolute Gasteiger partial charge is 0.230 e. The molecule has 2 aromatic carbocycles. The first-order valence-electron chi connectivity index (χ1n) is 18.6. The van der Waals surface area contributed by atoms with Gasteiger partial charge in [-0.25, -0.2) is 0 Å².